The molecule has 1 saturated carbocycles. The number of carbonyl (C=O) groups excluding carboxylic acids is 2. The van der Waals surface area contributed by atoms with Gasteiger partial charge in [-0.2, -0.15) is 0 Å². The highest BCUT2D eigenvalue weighted by atomic mass is 32.2. The van der Waals surface area contributed by atoms with Crippen LogP contribution in [0.15, 0.2) is 41.4 Å². The van der Waals surface area contributed by atoms with Crippen molar-refractivity contribution in [1.29, 1.82) is 0 Å². The summed E-state index contributed by atoms with van der Waals surface area (Å²) in [5, 5.41) is 6.05. The van der Waals surface area contributed by atoms with Crippen molar-refractivity contribution in [3.63, 3.8) is 0 Å². The van der Waals surface area contributed by atoms with Gasteiger partial charge in [0, 0.05) is 34.6 Å². The van der Waals surface area contributed by atoms with Crippen LogP contribution < -0.4 is 20.1 Å². The van der Waals surface area contributed by atoms with Crippen LogP contribution in [0, 0.1) is 5.92 Å². The summed E-state index contributed by atoms with van der Waals surface area (Å²) in [6, 6.07) is 9.45. The van der Waals surface area contributed by atoms with Crippen molar-refractivity contribution < 1.29 is 19.1 Å². The zero-order chi connectivity index (χ0) is 24.6. The maximum absolute atomic E-state index is 12.8. The molecule has 186 valence electrons. The topological polar surface area (TPSA) is 102 Å². The molecule has 2 aromatic heterocycles. The van der Waals surface area contributed by atoms with Gasteiger partial charge < -0.3 is 20.1 Å². The second-order valence-corrected chi connectivity index (χ2v) is 10.8. The lowest BCUT2D eigenvalue weighted by molar-refractivity contribution is -0.113. The number of hydrogen-bond acceptors (Lipinski definition) is 7. The maximum Gasteiger partial charge on any atom is 0.251 e. The fraction of sp³-hybridized carbons (Fsp3) is 0.407. The molecule has 0 bridgehead atoms. The number of aromatic nitrogens is 2. The molecule has 2 aliphatic heterocycles. The third-order valence-corrected chi connectivity index (χ3v) is 8.41. The molecule has 6 rings (SSSR count). The van der Waals surface area contributed by atoms with Gasteiger partial charge in [-0.25, -0.2) is 4.98 Å². The van der Waals surface area contributed by atoms with Crippen LogP contribution in [-0.2, 0) is 11.2 Å². The number of nitrogens with zero attached hydrogens (tertiary/aromatic N) is 2. The summed E-state index contributed by atoms with van der Waals surface area (Å²) >= 11 is 1.50. The van der Waals surface area contributed by atoms with E-state index in [1.165, 1.54) is 11.8 Å². The van der Waals surface area contributed by atoms with Gasteiger partial charge in [-0.3, -0.25) is 14.6 Å². The van der Waals surface area contributed by atoms with Crippen molar-refractivity contribution in [3.8, 4) is 11.6 Å². The van der Waals surface area contributed by atoms with Crippen molar-refractivity contribution in [1.82, 2.24) is 15.3 Å². The van der Waals surface area contributed by atoms with Crippen LogP contribution >= 0.6 is 11.8 Å². The summed E-state index contributed by atoms with van der Waals surface area (Å²) in [7, 11) is 1.62. The fourth-order valence-electron chi connectivity index (χ4n) is 5.48. The normalized spacial score (nSPS) is 22.8. The highest BCUT2D eigenvalue weighted by Crippen LogP contribution is 2.38. The Balaban J connectivity index is 1.03. The molecular formula is C27H28N4O4S. The number of carbonyl (C=O) groups is 2. The molecule has 1 atom stereocenters. The maximum atomic E-state index is 12.8. The number of hydrogen-bond donors (Lipinski definition) is 2. The number of thioether (sulfide) groups is 1. The third-order valence-electron chi connectivity index (χ3n) is 7.34. The Labute approximate surface area is 213 Å². The van der Waals surface area contributed by atoms with Crippen LogP contribution in [0.1, 0.15) is 48.0 Å². The highest BCUT2D eigenvalue weighted by molar-refractivity contribution is 8.00. The van der Waals surface area contributed by atoms with Gasteiger partial charge in [0.25, 0.3) is 5.91 Å². The number of fused-ring (bicyclic) bond motifs is 4. The molecular weight excluding hydrogens is 476 g/mol. The number of nitrogens with one attached hydrogen (secondary N) is 2. The van der Waals surface area contributed by atoms with E-state index in [0.29, 0.717) is 23.1 Å². The van der Waals surface area contributed by atoms with Crippen molar-refractivity contribution >= 4 is 40.3 Å². The van der Waals surface area contributed by atoms with Gasteiger partial charge in [-0.05, 0) is 62.3 Å². The average molecular weight is 505 g/mol. The SMILES string of the molecule is COc1ccc2ncc3c(c2n1)CC(CC1CCC(NC(=O)c2ccc4c(c2)NC(=O)CS4)CC1)O3. The lowest BCUT2D eigenvalue weighted by Gasteiger charge is -2.30. The van der Waals surface area contributed by atoms with Gasteiger partial charge in [0.05, 0.1) is 35.8 Å². The fourth-order valence-corrected chi connectivity index (χ4v) is 6.27. The smallest absolute Gasteiger partial charge is 0.251 e. The first-order valence-electron chi connectivity index (χ1n) is 12.4. The molecule has 9 heteroatoms. The summed E-state index contributed by atoms with van der Waals surface area (Å²) in [5.74, 6) is 2.28. The summed E-state index contributed by atoms with van der Waals surface area (Å²) in [6.07, 6.45) is 7.78. The molecule has 2 amide bonds. The van der Waals surface area contributed by atoms with Gasteiger partial charge in [-0.1, -0.05) is 0 Å². The van der Waals surface area contributed by atoms with Crippen molar-refractivity contribution in [3.05, 3.63) is 47.7 Å². The van der Waals surface area contributed by atoms with E-state index in [4.69, 9.17) is 9.47 Å². The number of amides is 2. The molecule has 1 aromatic carbocycles. The number of rotatable bonds is 5. The molecule has 4 heterocycles. The molecule has 3 aromatic rings. The predicted molar refractivity (Wildman–Crippen MR) is 138 cm³/mol. The predicted octanol–water partition coefficient (Wildman–Crippen LogP) is 4.37. The molecule has 8 nitrogen and oxygen atoms in total. The van der Waals surface area contributed by atoms with Crippen LogP contribution in [-0.4, -0.2) is 46.8 Å². The Kier molecular flexibility index (Phi) is 6.17. The Hall–Kier alpha value is -3.33. The van der Waals surface area contributed by atoms with E-state index in [1.54, 1.807) is 13.2 Å². The average Bonchev–Trinajstić information content (AvgIpc) is 3.32. The number of pyridine rings is 2. The summed E-state index contributed by atoms with van der Waals surface area (Å²) < 4.78 is 11.5. The number of benzene rings is 1. The second kappa shape index (κ2) is 9.61. The second-order valence-electron chi connectivity index (χ2n) is 9.74. The number of methoxy groups -OCH3 is 1. The minimum atomic E-state index is -0.0806. The van der Waals surface area contributed by atoms with E-state index in [9.17, 15) is 9.59 Å². The molecule has 1 unspecified atom stereocenters. The van der Waals surface area contributed by atoms with E-state index >= 15 is 0 Å². The van der Waals surface area contributed by atoms with E-state index in [1.807, 2.05) is 30.5 Å². The molecule has 3 aliphatic rings. The van der Waals surface area contributed by atoms with Gasteiger partial charge in [0.2, 0.25) is 11.8 Å². The molecule has 1 aliphatic carbocycles. The minimum absolute atomic E-state index is 0.0295. The van der Waals surface area contributed by atoms with Crippen LogP contribution in [0.2, 0.25) is 0 Å². The minimum Gasteiger partial charge on any atom is -0.488 e. The van der Waals surface area contributed by atoms with Crippen molar-refractivity contribution in [2.45, 2.75) is 55.6 Å². The van der Waals surface area contributed by atoms with Crippen molar-refractivity contribution in [2.75, 3.05) is 18.2 Å². The molecule has 2 N–H and O–H groups in total. The largest absolute Gasteiger partial charge is 0.488 e. The monoisotopic (exact) mass is 504 g/mol. The summed E-state index contributed by atoms with van der Waals surface area (Å²) in [4.78, 5) is 34.6. The summed E-state index contributed by atoms with van der Waals surface area (Å²) in [5.41, 5.74) is 4.14. The van der Waals surface area contributed by atoms with Crippen LogP contribution in [0.25, 0.3) is 11.0 Å². The van der Waals surface area contributed by atoms with E-state index < -0.39 is 0 Å². The summed E-state index contributed by atoms with van der Waals surface area (Å²) in [6.45, 7) is 0. The Bertz CT molecular complexity index is 1340. The van der Waals surface area contributed by atoms with E-state index in [0.717, 1.165) is 71.5 Å². The first kappa shape index (κ1) is 23.1. The molecule has 0 radical (unpaired) electrons. The van der Waals surface area contributed by atoms with Gasteiger partial charge in [-0.15, -0.1) is 11.8 Å². The molecule has 1 fully saturated rings. The third kappa shape index (κ3) is 4.59. The van der Waals surface area contributed by atoms with Gasteiger partial charge in [0.15, 0.2) is 0 Å². The Morgan fingerprint density at radius 2 is 2.08 bits per heavy atom. The van der Waals surface area contributed by atoms with E-state index in [-0.39, 0.29) is 24.0 Å². The standard InChI is InChI=1S/C27H28N4O4S/c1-34-25-9-7-20-26(31-25)19-12-18(35-22(19)13-28-20)10-15-2-5-17(6-3-15)29-27(33)16-4-8-23-21(11-16)30-24(32)14-36-23/h4,7-9,11,13,15,17-18H,2-3,5-6,10,12,14H2,1H3,(H,29,33)(H,30,32). The molecule has 0 saturated heterocycles. The van der Waals surface area contributed by atoms with Gasteiger partial charge in [0.1, 0.15) is 11.9 Å². The zero-order valence-electron chi connectivity index (χ0n) is 20.1. The Morgan fingerprint density at radius 3 is 2.92 bits per heavy atom. The zero-order valence-corrected chi connectivity index (χ0v) is 20.9. The quantitative estimate of drug-likeness (QED) is 0.532. The molecule has 0 spiro atoms. The number of anilines is 1. The highest BCUT2D eigenvalue weighted by Gasteiger charge is 2.31. The first-order chi connectivity index (χ1) is 17.6. The lowest BCUT2D eigenvalue weighted by Crippen LogP contribution is -2.38. The van der Waals surface area contributed by atoms with E-state index in [2.05, 4.69) is 20.6 Å². The van der Waals surface area contributed by atoms with Crippen LogP contribution in [0.3, 0.4) is 0 Å². The van der Waals surface area contributed by atoms with Gasteiger partial charge >= 0.3 is 0 Å². The lowest BCUT2D eigenvalue weighted by atomic mass is 9.82. The van der Waals surface area contributed by atoms with Crippen molar-refractivity contribution in [2.24, 2.45) is 5.92 Å². The first-order valence-corrected chi connectivity index (χ1v) is 13.4. The molecule has 36 heavy (non-hydrogen) atoms. The number of ether oxygens (including phenoxy) is 2. The van der Waals surface area contributed by atoms with Crippen LogP contribution in [0.5, 0.6) is 11.6 Å². The Morgan fingerprint density at radius 1 is 1.22 bits per heavy atom. The van der Waals surface area contributed by atoms with Crippen LogP contribution in [0.4, 0.5) is 5.69 Å².